The molecule has 0 bridgehead atoms. The molecule has 0 unspecified atom stereocenters. The van der Waals surface area contributed by atoms with E-state index in [1.807, 2.05) is 35.1 Å². The highest BCUT2D eigenvalue weighted by Gasteiger charge is 2.12. The number of nitrogens with zero attached hydrogens (tertiary/aromatic N) is 4. The van der Waals surface area contributed by atoms with Crippen LogP contribution < -0.4 is 0 Å². The molecule has 1 aromatic carbocycles. The fourth-order valence-electron chi connectivity index (χ4n) is 2.20. The van der Waals surface area contributed by atoms with Crippen molar-refractivity contribution in [2.45, 2.75) is 26.8 Å². The van der Waals surface area contributed by atoms with Gasteiger partial charge in [-0.15, -0.1) is 0 Å². The van der Waals surface area contributed by atoms with Crippen molar-refractivity contribution in [3.05, 3.63) is 53.1 Å². The summed E-state index contributed by atoms with van der Waals surface area (Å²) in [7, 11) is 0. The Hall–Kier alpha value is -2.14. The highest BCUT2D eigenvalue weighted by atomic mass is 35.5. The summed E-state index contributed by atoms with van der Waals surface area (Å²) in [5.41, 5.74) is 1.81. The number of aromatic nitrogens is 4. The molecule has 0 atom stereocenters. The Kier molecular flexibility index (Phi) is 4.24. The molecule has 0 radical (unpaired) electrons. The van der Waals surface area contributed by atoms with Gasteiger partial charge in [-0.3, -0.25) is 4.68 Å². The molecule has 3 rings (SSSR count). The van der Waals surface area contributed by atoms with Crippen molar-refractivity contribution in [2.24, 2.45) is 5.92 Å². The minimum absolute atomic E-state index is 0.483. The van der Waals surface area contributed by atoms with Crippen molar-refractivity contribution in [2.75, 3.05) is 0 Å². The van der Waals surface area contributed by atoms with E-state index in [4.69, 9.17) is 16.1 Å². The monoisotopic (exact) mass is 316 g/mol. The zero-order chi connectivity index (χ0) is 15.5. The Morgan fingerprint density at radius 3 is 2.86 bits per heavy atom. The summed E-state index contributed by atoms with van der Waals surface area (Å²) < 4.78 is 7.21. The summed E-state index contributed by atoms with van der Waals surface area (Å²) in [5.74, 6) is 1.63. The van der Waals surface area contributed by atoms with Gasteiger partial charge in [0.15, 0.2) is 5.82 Å². The maximum absolute atomic E-state index is 6.15. The molecule has 6 heteroatoms. The lowest BCUT2D eigenvalue weighted by Crippen LogP contribution is -2.03. The van der Waals surface area contributed by atoms with Crippen molar-refractivity contribution < 1.29 is 4.52 Å². The molecule has 114 valence electrons. The van der Waals surface area contributed by atoms with Crippen LogP contribution >= 0.6 is 11.6 Å². The maximum Gasteiger partial charge on any atom is 0.261 e. The Labute approximate surface area is 133 Å². The maximum atomic E-state index is 6.15. The molecule has 0 aliphatic carbocycles. The van der Waals surface area contributed by atoms with Crippen LogP contribution in [0.2, 0.25) is 5.02 Å². The zero-order valence-electron chi connectivity index (χ0n) is 12.5. The van der Waals surface area contributed by atoms with Crippen molar-refractivity contribution in [3.63, 3.8) is 0 Å². The van der Waals surface area contributed by atoms with Crippen LogP contribution in [0.4, 0.5) is 0 Å². The summed E-state index contributed by atoms with van der Waals surface area (Å²) in [5, 5.41) is 9.03. The number of rotatable bonds is 5. The topological polar surface area (TPSA) is 56.7 Å². The van der Waals surface area contributed by atoms with Gasteiger partial charge in [0.1, 0.15) is 0 Å². The van der Waals surface area contributed by atoms with Crippen molar-refractivity contribution in [1.29, 1.82) is 0 Å². The van der Waals surface area contributed by atoms with E-state index in [0.717, 1.165) is 17.7 Å². The molecule has 0 saturated heterocycles. The fourth-order valence-corrected chi connectivity index (χ4v) is 2.41. The highest BCUT2D eigenvalue weighted by Crippen LogP contribution is 2.20. The number of benzene rings is 1. The van der Waals surface area contributed by atoms with Gasteiger partial charge in [-0.1, -0.05) is 48.8 Å². The molecule has 22 heavy (non-hydrogen) atoms. The molecular weight excluding hydrogens is 300 g/mol. The van der Waals surface area contributed by atoms with E-state index in [2.05, 4.69) is 29.1 Å². The van der Waals surface area contributed by atoms with Crippen LogP contribution in [0.1, 0.15) is 25.2 Å². The lowest BCUT2D eigenvalue weighted by Gasteiger charge is -2.02. The van der Waals surface area contributed by atoms with E-state index in [1.54, 1.807) is 6.20 Å². The van der Waals surface area contributed by atoms with Crippen LogP contribution in [0, 0.1) is 5.92 Å². The molecule has 5 nitrogen and oxygen atoms in total. The van der Waals surface area contributed by atoms with Crippen LogP contribution in [-0.2, 0) is 13.0 Å². The van der Waals surface area contributed by atoms with E-state index in [1.165, 1.54) is 0 Å². The predicted molar refractivity (Wildman–Crippen MR) is 84.6 cm³/mol. The fraction of sp³-hybridized carbons (Fsp3) is 0.312. The van der Waals surface area contributed by atoms with Crippen LogP contribution in [-0.4, -0.2) is 19.9 Å². The van der Waals surface area contributed by atoms with E-state index >= 15 is 0 Å². The van der Waals surface area contributed by atoms with E-state index in [-0.39, 0.29) is 0 Å². The van der Waals surface area contributed by atoms with Gasteiger partial charge in [-0.2, -0.15) is 10.1 Å². The van der Waals surface area contributed by atoms with Gasteiger partial charge < -0.3 is 4.52 Å². The summed E-state index contributed by atoms with van der Waals surface area (Å²) >= 11 is 6.15. The van der Waals surface area contributed by atoms with Gasteiger partial charge in [0, 0.05) is 24.2 Å². The molecule has 2 heterocycles. The number of hydrogen-bond donors (Lipinski definition) is 0. The molecular formula is C16H17ClN4O. The normalized spacial score (nSPS) is 11.3. The van der Waals surface area contributed by atoms with Gasteiger partial charge in [-0.05, 0) is 17.5 Å². The summed E-state index contributed by atoms with van der Waals surface area (Å²) in [4.78, 5) is 4.42. The lowest BCUT2D eigenvalue weighted by molar-refractivity contribution is 0.423. The molecule has 3 aromatic rings. The second-order valence-electron chi connectivity index (χ2n) is 5.63. The highest BCUT2D eigenvalue weighted by molar-refractivity contribution is 6.31. The summed E-state index contributed by atoms with van der Waals surface area (Å²) in [6.07, 6.45) is 4.21. The average Bonchev–Trinajstić information content (AvgIpc) is 3.10. The van der Waals surface area contributed by atoms with Crippen molar-refractivity contribution in [3.8, 4) is 11.5 Å². The molecule has 0 spiro atoms. The molecule has 0 N–H and O–H groups in total. The van der Waals surface area contributed by atoms with Gasteiger partial charge >= 0.3 is 0 Å². The molecule has 2 aromatic heterocycles. The quantitative estimate of drug-likeness (QED) is 0.717. The standard InChI is InChI=1S/C16H17ClN4O/c1-11(2)9-21-10-13(8-18-21)16-19-15(20-22-16)7-12-5-3-4-6-14(12)17/h3-6,8,10-11H,7,9H2,1-2H3. The molecule has 0 aliphatic rings. The number of halogens is 1. The summed E-state index contributed by atoms with van der Waals surface area (Å²) in [6.45, 7) is 5.16. The van der Waals surface area contributed by atoms with Gasteiger partial charge in [-0.25, -0.2) is 0 Å². The predicted octanol–water partition coefficient (Wildman–Crippen LogP) is 3.83. The molecule has 0 fully saturated rings. The minimum Gasteiger partial charge on any atom is -0.334 e. The van der Waals surface area contributed by atoms with Crippen LogP contribution in [0.3, 0.4) is 0 Å². The summed E-state index contributed by atoms with van der Waals surface area (Å²) in [6, 6.07) is 7.65. The minimum atomic E-state index is 0.483. The second-order valence-corrected chi connectivity index (χ2v) is 6.04. The smallest absolute Gasteiger partial charge is 0.261 e. The third-order valence-electron chi connectivity index (χ3n) is 3.21. The third kappa shape index (κ3) is 3.36. The van der Waals surface area contributed by atoms with Crippen molar-refractivity contribution >= 4 is 11.6 Å². The molecule has 0 saturated carbocycles. The Balaban J connectivity index is 1.76. The van der Waals surface area contributed by atoms with Gasteiger partial charge in [0.25, 0.3) is 5.89 Å². The first kappa shape index (κ1) is 14.8. The second kappa shape index (κ2) is 6.32. The van der Waals surface area contributed by atoms with Crippen LogP contribution in [0.25, 0.3) is 11.5 Å². The van der Waals surface area contributed by atoms with Gasteiger partial charge in [0.05, 0.1) is 11.8 Å². The van der Waals surface area contributed by atoms with E-state index in [0.29, 0.717) is 29.1 Å². The van der Waals surface area contributed by atoms with Crippen LogP contribution in [0.15, 0.2) is 41.2 Å². The van der Waals surface area contributed by atoms with Crippen molar-refractivity contribution in [1.82, 2.24) is 19.9 Å². The Morgan fingerprint density at radius 1 is 1.27 bits per heavy atom. The molecule has 0 aliphatic heterocycles. The first-order valence-corrected chi connectivity index (χ1v) is 7.58. The lowest BCUT2D eigenvalue weighted by atomic mass is 10.1. The van der Waals surface area contributed by atoms with Gasteiger partial charge in [0.2, 0.25) is 0 Å². The first-order valence-electron chi connectivity index (χ1n) is 7.20. The van der Waals surface area contributed by atoms with Crippen LogP contribution in [0.5, 0.6) is 0 Å². The SMILES string of the molecule is CC(C)Cn1cc(-c2nc(Cc3ccccc3Cl)no2)cn1. The van der Waals surface area contributed by atoms with E-state index < -0.39 is 0 Å². The largest absolute Gasteiger partial charge is 0.334 e. The molecule has 0 amide bonds. The Bertz CT molecular complexity index is 763. The third-order valence-corrected chi connectivity index (χ3v) is 3.58. The first-order chi connectivity index (χ1) is 10.6. The van der Waals surface area contributed by atoms with E-state index in [9.17, 15) is 0 Å². The zero-order valence-corrected chi connectivity index (χ0v) is 13.3. The Morgan fingerprint density at radius 2 is 2.09 bits per heavy atom. The number of hydrogen-bond acceptors (Lipinski definition) is 4. The average molecular weight is 317 g/mol.